The number of imidazole rings is 4. The molecule has 0 bridgehead atoms. The zero-order valence-corrected chi connectivity index (χ0v) is 92.5. The van der Waals surface area contributed by atoms with Gasteiger partial charge in [-0.15, -0.1) is 0 Å². The Morgan fingerprint density at radius 1 is 0.185 bits per heavy atom. The van der Waals surface area contributed by atoms with E-state index in [1.807, 2.05) is 0 Å². The van der Waals surface area contributed by atoms with Crippen molar-refractivity contribution in [1.82, 2.24) is 18.3 Å². The van der Waals surface area contributed by atoms with Gasteiger partial charge in [0.2, 0.25) is 0 Å². The van der Waals surface area contributed by atoms with Crippen LogP contribution < -0.4 is 162 Å². The van der Waals surface area contributed by atoms with Gasteiger partial charge in [-0.25, -0.2) is 0 Å². The van der Waals surface area contributed by atoms with Crippen molar-refractivity contribution < 1.29 is 386 Å². The molecule has 0 aliphatic carbocycles. The number of nitrogens with zero attached hydrogens (tertiary/aromatic N) is 8. The molecule has 0 unspecified atom stereocenters. The van der Waals surface area contributed by atoms with Crippen LogP contribution in [-0.4, -0.2) is 18.3 Å². The molecule has 0 spiro atoms. The van der Waals surface area contributed by atoms with Crippen molar-refractivity contribution in [3.05, 3.63) is 305 Å². The summed E-state index contributed by atoms with van der Waals surface area (Å²) in [6.45, 7) is 51.7. The molecule has 0 aliphatic heterocycles. The molecule has 8 nitrogen and oxygen atoms in total. The normalized spacial score (nSPS) is 9.41. The average Bonchev–Trinajstić information content (AvgIpc) is 1.65. The Hall–Kier alpha value is 2.38. The predicted octanol–water partition coefficient (Wildman–Crippen LogP) is -0.382. The molecule has 12 rings (SSSR count). The number of aromatic nitrogens is 8. The summed E-state index contributed by atoms with van der Waals surface area (Å²) in [7, 11) is 0. The topological polar surface area (TPSA) is 35.2 Å². The first-order chi connectivity index (χ1) is 43.5. The second kappa shape index (κ2) is 56.8. The zero-order chi connectivity index (χ0) is 66.9. The molecule has 0 saturated carbocycles. The number of halogens is 6. The van der Waals surface area contributed by atoms with Crippen LogP contribution in [0, 0.1) is 191 Å². The molecule has 24 heteroatoms. The minimum Gasteiger partial charge on any atom is -1.00 e. The Morgan fingerprint density at radius 2 is 0.287 bits per heavy atom. The fraction of sp³-hybridized carbons (Fsp3) is 0.286. The van der Waals surface area contributed by atoms with E-state index in [4.69, 9.17) is 0 Å². The van der Waals surface area contributed by atoms with Crippen molar-refractivity contribution in [3.8, 4) is 45.5 Å². The summed E-state index contributed by atoms with van der Waals surface area (Å²) in [4.78, 5) is 0. The Kier molecular flexibility index (Phi) is 66.3. The Balaban J connectivity index is -0.000000196. The standard InChI is InChI=1S/4C21H24N2.10Ag.6HI/c4*1-14-9-16(3)20(17(4)10-14)22-7-8-23(13-22)21-18(5)11-15(2)12-19(21)6;;;;;;;;;;;;;;;;/h4*7-12H,1-6H3;;;;;;;;;;;6*1H/q;;;;;;;;6*+1;;;;;;/p-6. The van der Waals surface area contributed by atoms with Gasteiger partial charge in [-0.1, -0.05) is 142 Å². The third kappa shape index (κ3) is 31.8. The van der Waals surface area contributed by atoms with Gasteiger partial charge in [0.05, 0.1) is 45.5 Å². The van der Waals surface area contributed by atoms with Gasteiger partial charge in [0.1, 0.15) is 0 Å². The Bertz CT molecular complexity index is 3740. The van der Waals surface area contributed by atoms with Crippen LogP contribution in [0.2, 0.25) is 0 Å². The second-order valence-corrected chi connectivity index (χ2v) is 26.5. The van der Waals surface area contributed by atoms with E-state index in [0.29, 0.717) is 0 Å². The molecule has 108 heavy (non-hydrogen) atoms. The van der Waals surface area contributed by atoms with Gasteiger partial charge in [-0.2, -0.15) is 0 Å². The Morgan fingerprint density at radius 3 is 0.398 bits per heavy atom. The zero-order valence-electron chi connectivity index (χ0n) is 64.7. The van der Waals surface area contributed by atoms with Gasteiger partial charge >= 0.3 is 134 Å². The van der Waals surface area contributed by atoms with Crippen molar-refractivity contribution in [2.45, 2.75) is 166 Å². The summed E-state index contributed by atoms with van der Waals surface area (Å²) in [6.07, 6.45) is 30.6. The van der Waals surface area contributed by atoms with E-state index in [9.17, 15) is 0 Å². The van der Waals surface area contributed by atoms with Crippen LogP contribution in [0.3, 0.4) is 0 Å². The summed E-state index contributed by atoms with van der Waals surface area (Å²) in [5.74, 6) is 0. The van der Waals surface area contributed by atoms with Crippen molar-refractivity contribution in [2.75, 3.05) is 0 Å². The average molecular weight is 3060 g/mol. The first-order valence-corrected chi connectivity index (χ1v) is 32.2. The van der Waals surface area contributed by atoms with Gasteiger partial charge in [-0.3, -0.25) is 36.5 Å². The van der Waals surface area contributed by atoms with Crippen LogP contribution in [0.5, 0.6) is 0 Å². The van der Waals surface area contributed by atoms with Crippen LogP contribution in [0.1, 0.15) is 134 Å². The molecular formula is C84H96Ag10I6N8. The maximum atomic E-state index is 3.48. The quantitative estimate of drug-likeness (QED) is 0.0863. The molecular weight excluding hydrogens is 2960 g/mol. The molecule has 12 aromatic rings. The fourth-order valence-electron chi connectivity index (χ4n) is 14.7. The van der Waals surface area contributed by atoms with E-state index < -0.39 is 0 Å². The van der Waals surface area contributed by atoms with Crippen LogP contribution in [0.25, 0.3) is 45.5 Å². The summed E-state index contributed by atoms with van der Waals surface area (Å²) in [5.41, 5.74) is 40.6. The number of hydrogen-bond acceptors (Lipinski definition) is 0. The largest absolute Gasteiger partial charge is 1.00 e. The molecule has 0 saturated heterocycles. The van der Waals surface area contributed by atoms with Crippen LogP contribution in [-0.2, 0) is 224 Å². The van der Waals surface area contributed by atoms with Crippen molar-refractivity contribution in [2.24, 2.45) is 0 Å². The van der Waals surface area contributed by atoms with E-state index in [2.05, 4.69) is 375 Å². The molecule has 0 amide bonds. The van der Waals surface area contributed by atoms with Gasteiger partial charge in [-0.05, 0) is 255 Å². The summed E-state index contributed by atoms with van der Waals surface area (Å²) < 4.78 is 16.8. The van der Waals surface area contributed by atoms with Gasteiger partial charge in [0, 0.05) is 139 Å². The number of aryl methyl sites for hydroxylation is 24. The maximum Gasteiger partial charge on any atom is 1.00 e. The molecule has 4 aromatic heterocycles. The summed E-state index contributed by atoms with van der Waals surface area (Å²) in [6, 6.07) is 35.6. The molecule has 0 aliphatic rings. The van der Waals surface area contributed by atoms with E-state index in [1.54, 1.807) is 0 Å². The summed E-state index contributed by atoms with van der Waals surface area (Å²) >= 11 is 0. The number of hydrogen-bond donors (Lipinski definition) is 0. The van der Waals surface area contributed by atoms with Gasteiger partial charge < -0.3 is 144 Å². The maximum absolute atomic E-state index is 3.48. The van der Waals surface area contributed by atoms with E-state index in [-0.39, 0.29) is 368 Å². The van der Waals surface area contributed by atoms with Crippen molar-refractivity contribution in [3.63, 3.8) is 0 Å². The molecule has 0 atom stereocenters. The molecule has 8 aromatic carbocycles. The Labute approximate surface area is 905 Å². The predicted molar refractivity (Wildman–Crippen MR) is 378 cm³/mol. The van der Waals surface area contributed by atoms with Crippen molar-refractivity contribution in [1.29, 1.82) is 0 Å². The van der Waals surface area contributed by atoms with E-state index in [1.165, 1.54) is 179 Å². The minimum absolute atomic E-state index is 0. The minimum atomic E-state index is 0. The van der Waals surface area contributed by atoms with E-state index in [0.717, 1.165) is 0 Å². The van der Waals surface area contributed by atoms with E-state index >= 15 is 0 Å². The van der Waals surface area contributed by atoms with Crippen LogP contribution >= 0.6 is 0 Å². The molecule has 0 fully saturated rings. The van der Waals surface area contributed by atoms with Crippen molar-refractivity contribution >= 4 is 0 Å². The number of rotatable bonds is 8. The fourth-order valence-corrected chi connectivity index (χ4v) is 14.7. The molecule has 624 valence electrons. The molecule has 0 N–H and O–H groups in total. The molecule has 4 heterocycles. The molecule has 4 radical (unpaired) electrons. The van der Waals surface area contributed by atoms with Crippen LogP contribution in [0.15, 0.2) is 147 Å². The monoisotopic (exact) mass is 3050 g/mol. The first kappa shape index (κ1) is 126. The smallest absolute Gasteiger partial charge is 1.00 e. The third-order valence-electron chi connectivity index (χ3n) is 17.3. The summed E-state index contributed by atoms with van der Waals surface area (Å²) in [5, 5.41) is 0. The third-order valence-corrected chi connectivity index (χ3v) is 17.3. The SMILES string of the molecule is Cc1cc(C)c(-n2[c-][n+](-c3c(C)cc(C)cc3C)cc2)c(C)c1.Cc1cc(C)c(-n2[c-][n+](-c3c(C)cc(C)cc3C)cc2)c(C)c1.Cc1cc(C)c(-n2[c-][n+](-c3c(C)cc(C)cc3C)cc2)c(C)c1.Cc1cc(C)c(-n2[c-][n+](-c3c(C)cc(C)cc3C)cc2)c(C)c1.[Ag+].[Ag+].[Ag+].[Ag+].[Ag+].[Ag+].[Ag].[Ag].[Ag].[Ag].[I-].[I-].[I-].[I-].[I-].[I-]. The van der Waals surface area contributed by atoms with Gasteiger partial charge in [0.25, 0.3) is 25.3 Å². The first-order valence-electron chi connectivity index (χ1n) is 32.2. The van der Waals surface area contributed by atoms with Crippen LogP contribution in [0.4, 0.5) is 0 Å². The second-order valence-electron chi connectivity index (χ2n) is 26.5. The van der Waals surface area contributed by atoms with Gasteiger partial charge in [0.15, 0.2) is 0 Å². The number of benzene rings is 8.